The van der Waals surface area contributed by atoms with Gasteiger partial charge in [-0.05, 0) is 90.8 Å². The van der Waals surface area contributed by atoms with Crippen molar-refractivity contribution >= 4 is 11.4 Å². The van der Waals surface area contributed by atoms with Crippen molar-refractivity contribution in [1.29, 1.82) is 0 Å². The second-order valence-corrected chi connectivity index (χ2v) is 5.83. The monoisotopic (exact) mass is 282 g/mol. The van der Waals surface area contributed by atoms with E-state index in [0.29, 0.717) is 0 Å². The van der Waals surface area contributed by atoms with Crippen molar-refractivity contribution in [1.82, 2.24) is 0 Å². The van der Waals surface area contributed by atoms with Gasteiger partial charge in [-0.2, -0.15) is 0 Å². The summed E-state index contributed by atoms with van der Waals surface area (Å²) in [6.45, 7) is 8.69. The highest BCUT2D eigenvalue weighted by atomic mass is 14.5. The molecule has 0 atom stereocenters. The van der Waals surface area contributed by atoms with E-state index in [1.807, 2.05) is 0 Å². The Morgan fingerprint density at radius 2 is 1.10 bits per heavy atom. The summed E-state index contributed by atoms with van der Waals surface area (Å²) in [5.41, 5.74) is 21.8. The van der Waals surface area contributed by atoms with Crippen molar-refractivity contribution in [3.05, 3.63) is 57.6 Å². The van der Waals surface area contributed by atoms with Crippen LogP contribution in [-0.2, 0) is 19.3 Å². The van der Waals surface area contributed by atoms with Gasteiger partial charge in [-0.3, -0.25) is 0 Å². The lowest BCUT2D eigenvalue weighted by atomic mass is 9.88. The summed E-state index contributed by atoms with van der Waals surface area (Å²) in [7, 11) is 0. The zero-order valence-electron chi connectivity index (χ0n) is 13.6. The molecule has 2 nitrogen and oxygen atoms in total. The van der Waals surface area contributed by atoms with E-state index in [-0.39, 0.29) is 0 Å². The molecule has 21 heavy (non-hydrogen) atoms. The normalized spacial score (nSPS) is 10.9. The molecule has 2 heteroatoms. The third-order valence-electron chi connectivity index (χ3n) is 4.29. The highest BCUT2D eigenvalue weighted by Crippen LogP contribution is 2.27. The van der Waals surface area contributed by atoms with Gasteiger partial charge in [0.05, 0.1) is 0 Å². The molecular formula is C19H26N2. The highest BCUT2D eigenvalue weighted by molar-refractivity contribution is 5.54. The molecule has 0 aliphatic heterocycles. The second-order valence-electron chi connectivity index (χ2n) is 5.83. The number of hydrogen-bond acceptors (Lipinski definition) is 2. The van der Waals surface area contributed by atoms with Gasteiger partial charge in [-0.15, -0.1) is 0 Å². The van der Waals surface area contributed by atoms with Crippen molar-refractivity contribution in [2.24, 2.45) is 0 Å². The summed E-state index contributed by atoms with van der Waals surface area (Å²) >= 11 is 0. The standard InChI is InChI=1S/C19H26N2/c1-5-14-9-16(20)7-12(3)18(14)11-19-13(4)8-17(21)10-15(19)6-2/h7-10H,5-6,11,20-21H2,1-4H3. The largest absolute Gasteiger partial charge is 0.399 e. The molecule has 0 aromatic heterocycles. The molecule has 0 amide bonds. The minimum atomic E-state index is 0.859. The van der Waals surface area contributed by atoms with Crippen LogP contribution < -0.4 is 11.5 Å². The molecule has 0 radical (unpaired) electrons. The number of anilines is 2. The van der Waals surface area contributed by atoms with Crippen LogP contribution in [0.2, 0.25) is 0 Å². The van der Waals surface area contributed by atoms with Gasteiger partial charge in [-0.25, -0.2) is 0 Å². The fourth-order valence-electron chi connectivity index (χ4n) is 3.15. The van der Waals surface area contributed by atoms with Gasteiger partial charge in [0.15, 0.2) is 0 Å². The van der Waals surface area contributed by atoms with E-state index in [2.05, 4.69) is 52.0 Å². The summed E-state index contributed by atoms with van der Waals surface area (Å²) < 4.78 is 0. The molecule has 0 saturated carbocycles. The Morgan fingerprint density at radius 3 is 1.43 bits per heavy atom. The smallest absolute Gasteiger partial charge is 0.0319 e. The Kier molecular flexibility index (Phi) is 4.56. The van der Waals surface area contributed by atoms with Crippen LogP contribution in [0.25, 0.3) is 0 Å². The lowest BCUT2D eigenvalue weighted by Gasteiger charge is -2.17. The zero-order chi connectivity index (χ0) is 15.6. The van der Waals surface area contributed by atoms with E-state index >= 15 is 0 Å². The number of rotatable bonds is 4. The summed E-state index contributed by atoms with van der Waals surface area (Å²) in [5.74, 6) is 0. The van der Waals surface area contributed by atoms with Crippen LogP contribution in [0.15, 0.2) is 24.3 Å². The molecule has 0 aliphatic rings. The van der Waals surface area contributed by atoms with Crippen LogP contribution >= 0.6 is 0 Å². The number of nitrogen functional groups attached to an aromatic ring is 2. The van der Waals surface area contributed by atoms with Gasteiger partial charge in [0.2, 0.25) is 0 Å². The molecule has 0 spiro atoms. The maximum absolute atomic E-state index is 5.99. The molecule has 0 heterocycles. The van der Waals surface area contributed by atoms with Gasteiger partial charge >= 0.3 is 0 Å². The van der Waals surface area contributed by atoms with Gasteiger partial charge in [0.1, 0.15) is 0 Å². The SMILES string of the molecule is CCc1cc(N)cc(C)c1Cc1c(C)cc(N)cc1CC. The summed E-state index contributed by atoms with van der Waals surface area (Å²) in [6, 6.07) is 8.38. The third kappa shape index (κ3) is 3.21. The Morgan fingerprint density at radius 1 is 0.714 bits per heavy atom. The molecule has 0 fully saturated rings. The second kappa shape index (κ2) is 6.21. The van der Waals surface area contributed by atoms with Crippen LogP contribution in [-0.4, -0.2) is 0 Å². The fourth-order valence-corrected chi connectivity index (χ4v) is 3.15. The van der Waals surface area contributed by atoms with Crippen molar-refractivity contribution < 1.29 is 0 Å². The van der Waals surface area contributed by atoms with Gasteiger partial charge in [0.25, 0.3) is 0 Å². The molecular weight excluding hydrogens is 256 g/mol. The number of nitrogens with two attached hydrogens (primary N) is 2. The van der Waals surface area contributed by atoms with Crippen LogP contribution in [0, 0.1) is 13.8 Å². The van der Waals surface area contributed by atoms with Crippen LogP contribution in [0.3, 0.4) is 0 Å². The predicted molar refractivity (Wildman–Crippen MR) is 92.7 cm³/mol. The quantitative estimate of drug-likeness (QED) is 0.826. The van der Waals surface area contributed by atoms with E-state index in [1.165, 1.54) is 33.4 Å². The molecule has 112 valence electrons. The van der Waals surface area contributed by atoms with E-state index in [9.17, 15) is 0 Å². The van der Waals surface area contributed by atoms with Crippen molar-refractivity contribution in [2.45, 2.75) is 47.0 Å². The van der Waals surface area contributed by atoms with E-state index in [4.69, 9.17) is 11.5 Å². The molecule has 2 aromatic rings. The molecule has 0 bridgehead atoms. The number of hydrogen-bond donors (Lipinski definition) is 2. The number of benzene rings is 2. The molecule has 0 saturated heterocycles. The topological polar surface area (TPSA) is 52.0 Å². The van der Waals surface area contributed by atoms with E-state index in [1.54, 1.807) is 0 Å². The van der Waals surface area contributed by atoms with Crippen LogP contribution in [0.5, 0.6) is 0 Å². The van der Waals surface area contributed by atoms with Gasteiger partial charge in [-0.1, -0.05) is 13.8 Å². The first-order valence-electron chi connectivity index (χ1n) is 7.72. The van der Waals surface area contributed by atoms with E-state index in [0.717, 1.165) is 30.6 Å². The Balaban J connectivity index is 2.53. The van der Waals surface area contributed by atoms with Gasteiger partial charge in [0, 0.05) is 11.4 Å². The van der Waals surface area contributed by atoms with E-state index < -0.39 is 0 Å². The first-order chi connectivity index (χ1) is 9.96. The first kappa shape index (κ1) is 15.4. The molecule has 0 aliphatic carbocycles. The summed E-state index contributed by atoms with van der Waals surface area (Å²) in [5, 5.41) is 0. The minimum absolute atomic E-state index is 0.859. The van der Waals surface area contributed by atoms with Crippen LogP contribution in [0.1, 0.15) is 47.2 Å². The van der Waals surface area contributed by atoms with Crippen molar-refractivity contribution in [3.63, 3.8) is 0 Å². The maximum Gasteiger partial charge on any atom is 0.0319 e. The average molecular weight is 282 g/mol. The van der Waals surface area contributed by atoms with Crippen molar-refractivity contribution in [2.75, 3.05) is 11.5 Å². The maximum atomic E-state index is 5.99. The number of aryl methyl sites for hydroxylation is 4. The Hall–Kier alpha value is -1.96. The minimum Gasteiger partial charge on any atom is -0.399 e. The molecule has 0 unspecified atom stereocenters. The zero-order valence-corrected chi connectivity index (χ0v) is 13.6. The lowest BCUT2D eigenvalue weighted by Crippen LogP contribution is -2.05. The predicted octanol–water partition coefficient (Wildman–Crippen LogP) is 4.18. The van der Waals surface area contributed by atoms with Gasteiger partial charge < -0.3 is 11.5 Å². The molecule has 2 aromatic carbocycles. The fraction of sp³-hybridized carbons (Fsp3) is 0.368. The average Bonchev–Trinajstić information content (AvgIpc) is 2.42. The van der Waals surface area contributed by atoms with Crippen LogP contribution in [0.4, 0.5) is 11.4 Å². The Labute approximate surface area is 128 Å². The lowest BCUT2D eigenvalue weighted by molar-refractivity contribution is 1.000. The van der Waals surface area contributed by atoms with Crippen molar-refractivity contribution in [3.8, 4) is 0 Å². The summed E-state index contributed by atoms with van der Waals surface area (Å²) in [4.78, 5) is 0. The third-order valence-corrected chi connectivity index (χ3v) is 4.29. The highest BCUT2D eigenvalue weighted by Gasteiger charge is 2.12. The Bertz CT molecular complexity index is 600. The molecule has 2 rings (SSSR count). The first-order valence-corrected chi connectivity index (χ1v) is 7.72. The summed E-state index contributed by atoms with van der Waals surface area (Å²) in [6.07, 6.45) is 2.98. The molecule has 4 N–H and O–H groups in total.